The summed E-state index contributed by atoms with van der Waals surface area (Å²) >= 11 is 0. The zero-order chi connectivity index (χ0) is 54.8. The Hall–Kier alpha value is -2.17. The number of rotatable bonds is 63. The van der Waals surface area contributed by atoms with Crippen LogP contribution in [0.5, 0.6) is 0 Å². The van der Waals surface area contributed by atoms with E-state index >= 15 is 0 Å². The molecule has 2 unspecified atom stereocenters. The van der Waals surface area contributed by atoms with Crippen LogP contribution in [0.15, 0.2) is 72.9 Å². The van der Waals surface area contributed by atoms with Gasteiger partial charge in [-0.25, -0.2) is 0 Å². The fraction of sp³-hybridized carbons (Fsp3) is 0.819. The molecule has 444 valence electrons. The summed E-state index contributed by atoms with van der Waals surface area (Å²) in [5, 5.41) is 23.4. The van der Waals surface area contributed by atoms with Crippen molar-refractivity contribution in [2.45, 2.75) is 373 Å². The summed E-state index contributed by atoms with van der Waals surface area (Å²) in [6.07, 6.45) is 96.6. The molecule has 76 heavy (non-hydrogen) atoms. The lowest BCUT2D eigenvalue weighted by Gasteiger charge is -2.22. The number of amides is 1. The third-order valence-corrected chi connectivity index (χ3v) is 15.7. The first-order valence-electron chi connectivity index (χ1n) is 34.1. The molecule has 0 fully saturated rings. The normalized spacial score (nSPS) is 13.2. The Morgan fingerprint density at radius 3 is 0.868 bits per heavy atom. The van der Waals surface area contributed by atoms with Crippen molar-refractivity contribution in [1.82, 2.24) is 5.32 Å². The van der Waals surface area contributed by atoms with E-state index in [9.17, 15) is 15.0 Å². The molecular weight excluding hydrogens is 927 g/mol. The molecule has 0 saturated heterocycles. The molecule has 0 aromatic heterocycles. The van der Waals surface area contributed by atoms with Crippen LogP contribution in [0.1, 0.15) is 361 Å². The van der Waals surface area contributed by atoms with Gasteiger partial charge in [0.05, 0.1) is 18.8 Å². The van der Waals surface area contributed by atoms with Gasteiger partial charge < -0.3 is 15.5 Å². The molecule has 0 aliphatic carbocycles. The number of nitrogens with one attached hydrogen (secondary N) is 1. The number of aliphatic hydroxyl groups excluding tert-OH is 2. The van der Waals surface area contributed by atoms with E-state index in [1.165, 1.54) is 270 Å². The standard InChI is InChI=1S/C72H133NO3/c1-3-5-7-9-11-13-15-17-19-21-23-25-27-28-29-30-31-32-33-34-35-36-37-38-39-40-41-42-43-44-46-48-50-52-54-56-58-60-62-64-66-68-72(76)73-70(69-74)71(75)67-65-63-61-59-57-55-53-51-49-47-45-26-24-22-20-18-16-14-12-10-8-6-4-2/h5,7,11,13,17,19,23,25,28-29,31-32,70-71,74-75H,3-4,6,8-10,12,14-16,18,20-22,24,26-27,30,33-69H2,1-2H3,(H,73,76)/b7-5-,13-11-,19-17-,25-23-,29-28-,32-31-. The minimum atomic E-state index is -0.661. The Labute approximate surface area is 476 Å². The molecule has 0 aliphatic heterocycles. The van der Waals surface area contributed by atoms with Crippen molar-refractivity contribution in [1.29, 1.82) is 0 Å². The van der Waals surface area contributed by atoms with E-state index in [-0.39, 0.29) is 12.5 Å². The van der Waals surface area contributed by atoms with Gasteiger partial charge in [0.2, 0.25) is 5.91 Å². The maximum Gasteiger partial charge on any atom is 0.220 e. The molecule has 0 bridgehead atoms. The predicted molar refractivity (Wildman–Crippen MR) is 341 cm³/mol. The Bertz CT molecular complexity index is 1290. The van der Waals surface area contributed by atoms with Crippen molar-refractivity contribution in [2.24, 2.45) is 0 Å². The van der Waals surface area contributed by atoms with Crippen LogP contribution in [0.25, 0.3) is 0 Å². The Morgan fingerprint density at radius 2 is 0.579 bits per heavy atom. The molecule has 4 heteroatoms. The highest BCUT2D eigenvalue weighted by Crippen LogP contribution is 2.19. The smallest absolute Gasteiger partial charge is 0.220 e. The van der Waals surface area contributed by atoms with Crippen molar-refractivity contribution in [3.05, 3.63) is 72.9 Å². The van der Waals surface area contributed by atoms with Crippen molar-refractivity contribution in [3.8, 4) is 0 Å². The van der Waals surface area contributed by atoms with Gasteiger partial charge in [0.1, 0.15) is 0 Å². The van der Waals surface area contributed by atoms with Gasteiger partial charge in [0.15, 0.2) is 0 Å². The maximum atomic E-state index is 12.6. The van der Waals surface area contributed by atoms with Gasteiger partial charge in [-0.1, -0.05) is 363 Å². The van der Waals surface area contributed by atoms with Gasteiger partial charge in [-0.05, 0) is 64.2 Å². The molecule has 2 atom stereocenters. The van der Waals surface area contributed by atoms with Crippen LogP contribution in [-0.2, 0) is 4.79 Å². The van der Waals surface area contributed by atoms with Crippen LogP contribution in [0.3, 0.4) is 0 Å². The minimum Gasteiger partial charge on any atom is -0.394 e. The van der Waals surface area contributed by atoms with Gasteiger partial charge in [-0.15, -0.1) is 0 Å². The summed E-state index contributed by atoms with van der Waals surface area (Å²) in [7, 11) is 0. The van der Waals surface area contributed by atoms with E-state index in [1.54, 1.807) is 0 Å². The molecular formula is C72H133NO3. The minimum absolute atomic E-state index is 0.0248. The van der Waals surface area contributed by atoms with E-state index in [2.05, 4.69) is 92.1 Å². The number of carbonyl (C=O) groups is 1. The quantitative estimate of drug-likeness (QED) is 0.0420. The topological polar surface area (TPSA) is 69.6 Å². The molecule has 0 aromatic carbocycles. The fourth-order valence-electron chi connectivity index (χ4n) is 10.6. The first-order chi connectivity index (χ1) is 37.7. The average Bonchev–Trinajstić information content (AvgIpc) is 3.42. The van der Waals surface area contributed by atoms with E-state index in [1.807, 2.05) is 0 Å². The Balaban J connectivity index is 3.41. The lowest BCUT2D eigenvalue weighted by Crippen LogP contribution is -2.45. The summed E-state index contributed by atoms with van der Waals surface area (Å²) in [5.74, 6) is -0.0248. The predicted octanol–water partition coefficient (Wildman–Crippen LogP) is 23.3. The Morgan fingerprint density at radius 1 is 0.329 bits per heavy atom. The number of hydrogen-bond donors (Lipinski definition) is 3. The number of aliphatic hydroxyl groups is 2. The lowest BCUT2D eigenvalue weighted by atomic mass is 10.0. The van der Waals surface area contributed by atoms with Crippen molar-refractivity contribution < 1.29 is 15.0 Å². The van der Waals surface area contributed by atoms with Crippen LogP contribution in [0.4, 0.5) is 0 Å². The summed E-state index contributed by atoms with van der Waals surface area (Å²) in [5.41, 5.74) is 0. The molecule has 0 aliphatic rings. The summed E-state index contributed by atoms with van der Waals surface area (Å²) in [6.45, 7) is 4.28. The largest absolute Gasteiger partial charge is 0.394 e. The third kappa shape index (κ3) is 62.7. The van der Waals surface area contributed by atoms with Gasteiger partial charge in [-0.2, -0.15) is 0 Å². The SMILES string of the molecule is CC/C=C\C/C=C\C/C=C\C/C=C\C/C=C\C/C=C\CCCCCCCCCCCCCCCCCCCCCCCCC(=O)NC(CO)C(O)CCCCCCCCCCCCCCCCCCCCCCCCC. The van der Waals surface area contributed by atoms with Gasteiger partial charge in [0.25, 0.3) is 0 Å². The van der Waals surface area contributed by atoms with E-state index in [4.69, 9.17) is 0 Å². The van der Waals surface area contributed by atoms with Gasteiger partial charge in [-0.3, -0.25) is 4.79 Å². The van der Waals surface area contributed by atoms with Crippen molar-refractivity contribution >= 4 is 5.91 Å². The first-order valence-corrected chi connectivity index (χ1v) is 34.1. The van der Waals surface area contributed by atoms with E-state index in [0.717, 1.165) is 64.2 Å². The van der Waals surface area contributed by atoms with Crippen LogP contribution >= 0.6 is 0 Å². The van der Waals surface area contributed by atoms with E-state index in [0.29, 0.717) is 12.8 Å². The average molecular weight is 1060 g/mol. The van der Waals surface area contributed by atoms with Crippen LogP contribution < -0.4 is 5.32 Å². The summed E-state index contributed by atoms with van der Waals surface area (Å²) in [6, 6.07) is -0.538. The highest BCUT2D eigenvalue weighted by Gasteiger charge is 2.20. The molecule has 0 rings (SSSR count). The number of allylic oxidation sites excluding steroid dienone is 12. The van der Waals surface area contributed by atoms with Crippen LogP contribution in [-0.4, -0.2) is 34.9 Å². The van der Waals surface area contributed by atoms with Crippen molar-refractivity contribution in [2.75, 3.05) is 6.61 Å². The molecule has 0 saturated carbocycles. The second-order valence-corrected chi connectivity index (χ2v) is 23.2. The second kappa shape index (κ2) is 67.1. The summed E-state index contributed by atoms with van der Waals surface area (Å²) < 4.78 is 0. The zero-order valence-corrected chi connectivity index (χ0v) is 51.3. The molecule has 3 N–H and O–H groups in total. The number of carbonyl (C=O) groups excluding carboxylic acids is 1. The van der Waals surface area contributed by atoms with Crippen molar-refractivity contribution in [3.63, 3.8) is 0 Å². The first kappa shape index (κ1) is 73.8. The molecule has 0 spiro atoms. The molecule has 0 radical (unpaired) electrons. The third-order valence-electron chi connectivity index (χ3n) is 15.7. The van der Waals surface area contributed by atoms with Crippen LogP contribution in [0, 0.1) is 0 Å². The Kier molecular flexibility index (Phi) is 65.2. The van der Waals surface area contributed by atoms with Gasteiger partial charge >= 0.3 is 0 Å². The molecule has 0 heterocycles. The number of hydrogen-bond acceptors (Lipinski definition) is 3. The molecule has 0 aromatic rings. The fourth-order valence-corrected chi connectivity index (χ4v) is 10.6. The molecule has 1 amide bonds. The monoisotopic (exact) mass is 1060 g/mol. The molecule has 4 nitrogen and oxygen atoms in total. The zero-order valence-electron chi connectivity index (χ0n) is 51.3. The number of unbranched alkanes of at least 4 members (excludes halogenated alkanes) is 44. The van der Waals surface area contributed by atoms with Gasteiger partial charge in [0, 0.05) is 6.42 Å². The lowest BCUT2D eigenvalue weighted by molar-refractivity contribution is -0.123. The van der Waals surface area contributed by atoms with E-state index < -0.39 is 12.1 Å². The highest BCUT2D eigenvalue weighted by atomic mass is 16.3. The summed E-state index contributed by atoms with van der Waals surface area (Å²) in [4.78, 5) is 12.6. The maximum absolute atomic E-state index is 12.6. The van der Waals surface area contributed by atoms with Crippen LogP contribution in [0.2, 0.25) is 0 Å². The highest BCUT2D eigenvalue weighted by molar-refractivity contribution is 5.76. The second-order valence-electron chi connectivity index (χ2n) is 23.2.